The topological polar surface area (TPSA) is 69.2 Å². The maximum Gasteiger partial charge on any atom is 0.316 e. The highest BCUT2D eigenvalue weighted by Gasteiger charge is 2.12. The molecule has 1 heterocycles. The number of nitrogens with zero attached hydrogens (tertiary/aromatic N) is 2. The predicted molar refractivity (Wildman–Crippen MR) is 109 cm³/mol. The number of thioether (sulfide) groups is 1. The zero-order chi connectivity index (χ0) is 19.3. The van der Waals surface area contributed by atoms with E-state index in [0.717, 1.165) is 21.8 Å². The van der Waals surface area contributed by atoms with Crippen molar-refractivity contribution in [2.24, 2.45) is 0 Å². The molecule has 0 aliphatic rings. The van der Waals surface area contributed by atoms with Crippen LogP contribution in [0.4, 0.5) is 0 Å². The normalized spacial score (nSPS) is 10.9. The van der Waals surface area contributed by atoms with Gasteiger partial charge in [-0.05, 0) is 29.0 Å². The average Bonchev–Trinajstić information content (AvgIpc) is 2.75. The molecule has 0 saturated heterocycles. The Bertz CT molecular complexity index is 1180. The molecule has 0 radical (unpaired) electrons. The largest absolute Gasteiger partial charge is 0.457 e. The van der Waals surface area contributed by atoms with Crippen molar-refractivity contribution in [1.29, 1.82) is 0 Å². The fourth-order valence-electron chi connectivity index (χ4n) is 2.78. The molecule has 5 nitrogen and oxygen atoms in total. The van der Waals surface area contributed by atoms with Crippen LogP contribution < -0.4 is 0 Å². The Morgan fingerprint density at radius 1 is 0.893 bits per heavy atom. The van der Waals surface area contributed by atoms with Gasteiger partial charge in [0.15, 0.2) is 12.4 Å². The van der Waals surface area contributed by atoms with Crippen molar-refractivity contribution in [2.45, 2.75) is 5.03 Å². The summed E-state index contributed by atoms with van der Waals surface area (Å²) < 4.78 is 5.12. The quantitative estimate of drug-likeness (QED) is 0.279. The smallest absolute Gasteiger partial charge is 0.316 e. The van der Waals surface area contributed by atoms with Crippen molar-refractivity contribution >= 4 is 45.3 Å². The van der Waals surface area contributed by atoms with Crippen molar-refractivity contribution in [1.82, 2.24) is 9.97 Å². The number of hydrogen-bond donors (Lipinski definition) is 0. The van der Waals surface area contributed by atoms with Gasteiger partial charge >= 0.3 is 5.97 Å². The van der Waals surface area contributed by atoms with Gasteiger partial charge in [-0.2, -0.15) is 0 Å². The minimum atomic E-state index is -0.464. The van der Waals surface area contributed by atoms with E-state index in [4.69, 9.17) is 4.74 Å². The molecule has 0 bridgehead atoms. The molecule has 4 aromatic rings. The summed E-state index contributed by atoms with van der Waals surface area (Å²) >= 11 is 1.23. The van der Waals surface area contributed by atoms with E-state index in [1.165, 1.54) is 11.8 Å². The van der Waals surface area contributed by atoms with E-state index in [-0.39, 0.29) is 18.1 Å². The molecule has 0 atom stereocenters. The van der Waals surface area contributed by atoms with Crippen LogP contribution in [0, 0.1) is 0 Å². The molecular formula is C22H16N2O3S. The van der Waals surface area contributed by atoms with Crippen LogP contribution in [-0.4, -0.2) is 34.1 Å². The summed E-state index contributed by atoms with van der Waals surface area (Å²) in [6, 6.07) is 20.8. The number of aromatic nitrogens is 2. The number of carbonyl (C=O) groups is 2. The molecule has 0 fully saturated rings. The molecular weight excluding hydrogens is 372 g/mol. The van der Waals surface area contributed by atoms with Crippen molar-refractivity contribution in [3.8, 4) is 0 Å². The number of carbonyl (C=O) groups excluding carboxylic acids is 2. The lowest BCUT2D eigenvalue weighted by Gasteiger charge is -2.06. The zero-order valence-electron chi connectivity index (χ0n) is 14.9. The second-order valence-electron chi connectivity index (χ2n) is 6.13. The summed E-state index contributed by atoms with van der Waals surface area (Å²) in [5, 5.41) is 2.67. The third-order valence-electron chi connectivity index (χ3n) is 4.20. The molecule has 0 unspecified atom stereocenters. The third-order valence-corrected chi connectivity index (χ3v) is 5.07. The number of para-hydroxylation sites is 2. The molecule has 1 aromatic heterocycles. The number of ketones is 1. The fraction of sp³-hybridized carbons (Fsp3) is 0.0909. The number of hydrogen-bond acceptors (Lipinski definition) is 6. The standard InChI is InChI=1S/C22H16N2O3S/c25-20(17-10-9-15-5-1-2-6-16(15)11-17)13-27-22(26)14-28-21-12-23-18-7-3-4-8-19(18)24-21/h1-12H,13-14H2. The number of Topliss-reactive ketones (excluding diaryl/α,β-unsaturated/α-hetero) is 1. The van der Waals surface area contributed by atoms with Gasteiger partial charge in [0, 0.05) is 5.56 Å². The maximum absolute atomic E-state index is 12.3. The Kier molecular flexibility index (Phi) is 5.30. The number of benzene rings is 3. The van der Waals surface area contributed by atoms with E-state index < -0.39 is 5.97 Å². The molecule has 0 N–H and O–H groups in total. The van der Waals surface area contributed by atoms with Crippen molar-refractivity contribution < 1.29 is 14.3 Å². The van der Waals surface area contributed by atoms with Gasteiger partial charge in [0.2, 0.25) is 0 Å². The SMILES string of the molecule is O=C(CSc1cnc2ccccc2n1)OCC(=O)c1ccc2ccccc2c1. The van der Waals surface area contributed by atoms with E-state index in [1.54, 1.807) is 12.3 Å². The van der Waals surface area contributed by atoms with E-state index in [1.807, 2.05) is 60.7 Å². The van der Waals surface area contributed by atoms with E-state index in [9.17, 15) is 9.59 Å². The molecule has 138 valence electrons. The van der Waals surface area contributed by atoms with Gasteiger partial charge in [-0.3, -0.25) is 14.6 Å². The number of esters is 1. The van der Waals surface area contributed by atoms with Gasteiger partial charge in [0.25, 0.3) is 0 Å². The summed E-state index contributed by atoms with van der Waals surface area (Å²) in [5.41, 5.74) is 2.10. The van der Waals surface area contributed by atoms with Gasteiger partial charge in [0.05, 0.1) is 23.0 Å². The highest BCUT2D eigenvalue weighted by atomic mass is 32.2. The zero-order valence-corrected chi connectivity index (χ0v) is 15.7. The Balaban J connectivity index is 1.32. The van der Waals surface area contributed by atoms with Gasteiger partial charge < -0.3 is 4.74 Å². The fourth-order valence-corrected chi connectivity index (χ4v) is 3.42. The van der Waals surface area contributed by atoms with Crippen molar-refractivity contribution in [3.63, 3.8) is 0 Å². The summed E-state index contributed by atoms with van der Waals surface area (Å²) in [7, 11) is 0. The van der Waals surface area contributed by atoms with Crippen LogP contribution in [0.5, 0.6) is 0 Å². The van der Waals surface area contributed by atoms with E-state index in [2.05, 4.69) is 9.97 Å². The molecule has 0 amide bonds. The van der Waals surface area contributed by atoms with Gasteiger partial charge in [-0.15, -0.1) is 0 Å². The highest BCUT2D eigenvalue weighted by Crippen LogP contribution is 2.18. The molecule has 0 aliphatic heterocycles. The Labute approximate surface area is 165 Å². The van der Waals surface area contributed by atoms with Crippen LogP contribution in [-0.2, 0) is 9.53 Å². The van der Waals surface area contributed by atoms with Gasteiger partial charge in [0.1, 0.15) is 5.03 Å². The van der Waals surface area contributed by atoms with Crippen LogP contribution in [0.2, 0.25) is 0 Å². The molecule has 28 heavy (non-hydrogen) atoms. The first kappa shape index (κ1) is 18.1. The van der Waals surface area contributed by atoms with E-state index >= 15 is 0 Å². The first-order valence-corrected chi connectivity index (χ1v) is 9.70. The Morgan fingerprint density at radius 3 is 2.50 bits per heavy atom. The lowest BCUT2D eigenvalue weighted by atomic mass is 10.0. The first-order valence-electron chi connectivity index (χ1n) is 8.71. The van der Waals surface area contributed by atoms with Gasteiger partial charge in [-0.1, -0.05) is 60.3 Å². The van der Waals surface area contributed by atoms with Crippen LogP contribution in [0.15, 0.2) is 78.0 Å². The third kappa shape index (κ3) is 4.18. The number of fused-ring (bicyclic) bond motifs is 2. The van der Waals surface area contributed by atoms with E-state index in [0.29, 0.717) is 10.6 Å². The molecule has 0 aliphatic carbocycles. The highest BCUT2D eigenvalue weighted by molar-refractivity contribution is 7.99. The maximum atomic E-state index is 12.3. The second-order valence-corrected chi connectivity index (χ2v) is 7.13. The monoisotopic (exact) mass is 388 g/mol. The van der Waals surface area contributed by atoms with Crippen LogP contribution in [0.3, 0.4) is 0 Å². The van der Waals surface area contributed by atoms with Crippen molar-refractivity contribution in [2.75, 3.05) is 12.4 Å². The number of ether oxygens (including phenoxy) is 1. The van der Waals surface area contributed by atoms with Gasteiger partial charge in [-0.25, -0.2) is 4.98 Å². The molecule has 0 saturated carbocycles. The van der Waals surface area contributed by atoms with Crippen molar-refractivity contribution in [3.05, 3.63) is 78.5 Å². The second kappa shape index (κ2) is 8.19. The average molecular weight is 388 g/mol. The summed E-state index contributed by atoms with van der Waals surface area (Å²) in [5.74, 6) is -0.624. The first-order chi connectivity index (χ1) is 13.7. The summed E-state index contributed by atoms with van der Waals surface area (Å²) in [4.78, 5) is 33.0. The molecule has 4 rings (SSSR count). The molecule has 0 spiro atoms. The minimum absolute atomic E-state index is 0.0675. The predicted octanol–water partition coefficient (Wildman–Crippen LogP) is 4.30. The van der Waals surface area contributed by atoms with Crippen LogP contribution in [0.25, 0.3) is 21.8 Å². The molecule has 3 aromatic carbocycles. The van der Waals surface area contributed by atoms with Crippen LogP contribution in [0.1, 0.15) is 10.4 Å². The van der Waals surface area contributed by atoms with Crippen LogP contribution >= 0.6 is 11.8 Å². The lowest BCUT2D eigenvalue weighted by Crippen LogP contribution is -2.15. The summed E-state index contributed by atoms with van der Waals surface area (Å²) in [6.07, 6.45) is 1.63. The minimum Gasteiger partial charge on any atom is -0.457 e. The Hall–Kier alpha value is -3.25. The molecule has 6 heteroatoms. The summed E-state index contributed by atoms with van der Waals surface area (Å²) in [6.45, 7) is -0.277. The number of rotatable bonds is 6. The Morgan fingerprint density at radius 2 is 1.64 bits per heavy atom. The lowest BCUT2D eigenvalue weighted by molar-refractivity contribution is -0.139.